The third-order valence-electron chi connectivity index (χ3n) is 3.34. The maximum absolute atomic E-state index is 13.2. The van der Waals surface area contributed by atoms with Crippen LogP contribution in [0.2, 0.25) is 5.02 Å². The van der Waals surface area contributed by atoms with E-state index in [0.717, 1.165) is 6.07 Å². The van der Waals surface area contributed by atoms with Gasteiger partial charge >= 0.3 is 5.63 Å². The van der Waals surface area contributed by atoms with Gasteiger partial charge in [-0.1, -0.05) is 11.6 Å². The molecule has 4 nitrogen and oxygen atoms in total. The van der Waals surface area contributed by atoms with Gasteiger partial charge in [-0.2, -0.15) is 0 Å². The number of rotatable bonds is 3. The molecule has 1 heterocycles. The lowest BCUT2D eigenvalue weighted by atomic mass is 10.1. The van der Waals surface area contributed by atoms with Crippen LogP contribution >= 0.6 is 11.6 Å². The van der Waals surface area contributed by atoms with Gasteiger partial charge in [0.05, 0.1) is 0 Å². The van der Waals surface area contributed by atoms with E-state index >= 15 is 0 Å². The first-order chi connectivity index (χ1) is 11.0. The summed E-state index contributed by atoms with van der Waals surface area (Å²) in [5.41, 5.74) is 0.554. The first-order valence-electron chi connectivity index (χ1n) is 6.79. The van der Waals surface area contributed by atoms with Crippen molar-refractivity contribution in [2.45, 2.75) is 6.54 Å². The molecule has 1 amide bonds. The van der Waals surface area contributed by atoms with Crippen LogP contribution < -0.4 is 10.9 Å². The van der Waals surface area contributed by atoms with Crippen molar-refractivity contribution < 1.29 is 13.6 Å². The van der Waals surface area contributed by atoms with E-state index in [1.807, 2.05) is 0 Å². The quantitative estimate of drug-likeness (QED) is 0.747. The van der Waals surface area contributed by atoms with Crippen molar-refractivity contribution in [3.63, 3.8) is 0 Å². The highest BCUT2D eigenvalue weighted by Crippen LogP contribution is 2.18. The van der Waals surface area contributed by atoms with Crippen LogP contribution in [-0.2, 0) is 6.54 Å². The Hall–Kier alpha value is -2.66. The van der Waals surface area contributed by atoms with Crippen LogP contribution in [0.25, 0.3) is 11.0 Å². The van der Waals surface area contributed by atoms with Crippen molar-refractivity contribution in [3.05, 3.63) is 80.9 Å². The monoisotopic (exact) mass is 331 g/mol. The highest BCUT2D eigenvalue weighted by atomic mass is 35.5. The lowest BCUT2D eigenvalue weighted by Gasteiger charge is -2.08. The molecule has 0 bridgehead atoms. The number of hydrogen-bond acceptors (Lipinski definition) is 3. The Balaban J connectivity index is 1.85. The first-order valence-corrected chi connectivity index (χ1v) is 7.17. The molecule has 23 heavy (non-hydrogen) atoms. The van der Waals surface area contributed by atoms with E-state index in [9.17, 15) is 14.0 Å². The van der Waals surface area contributed by atoms with Crippen LogP contribution in [-0.4, -0.2) is 5.91 Å². The number of carbonyl (C=O) groups excluding carboxylic acids is 1. The van der Waals surface area contributed by atoms with Gasteiger partial charge < -0.3 is 9.73 Å². The molecule has 0 aliphatic rings. The molecule has 0 fully saturated rings. The average Bonchev–Trinajstić information content (AvgIpc) is 2.52. The Bertz CT molecular complexity index is 935. The number of carbonyl (C=O) groups is 1. The van der Waals surface area contributed by atoms with E-state index in [1.165, 1.54) is 18.2 Å². The molecule has 0 radical (unpaired) electrons. The van der Waals surface area contributed by atoms with Crippen LogP contribution in [0.15, 0.2) is 57.7 Å². The van der Waals surface area contributed by atoms with E-state index in [2.05, 4.69) is 5.32 Å². The zero-order chi connectivity index (χ0) is 16.4. The van der Waals surface area contributed by atoms with Crippen LogP contribution in [0.1, 0.15) is 15.9 Å². The molecule has 1 N–H and O–H groups in total. The Morgan fingerprint density at radius 3 is 2.61 bits per heavy atom. The summed E-state index contributed by atoms with van der Waals surface area (Å²) >= 11 is 5.78. The van der Waals surface area contributed by atoms with Crippen molar-refractivity contribution in [3.8, 4) is 0 Å². The predicted octanol–water partition coefficient (Wildman–Crippen LogP) is 3.52. The maximum Gasteiger partial charge on any atom is 0.336 e. The number of benzene rings is 2. The molecule has 6 heteroatoms. The van der Waals surface area contributed by atoms with Gasteiger partial charge in [0.2, 0.25) is 0 Å². The zero-order valence-electron chi connectivity index (χ0n) is 11.8. The van der Waals surface area contributed by atoms with Gasteiger partial charge in [-0.15, -0.1) is 0 Å². The standard InChI is InChI=1S/C17H11ClFNO3/c18-12-3-1-10(2-4-12)17(22)20-9-11-7-16(21)23-15-8-13(19)5-6-14(11)15/h1-8H,9H2,(H,20,22). The first kappa shape index (κ1) is 15.2. The third-order valence-corrected chi connectivity index (χ3v) is 3.59. The maximum atomic E-state index is 13.2. The predicted molar refractivity (Wildman–Crippen MR) is 85.1 cm³/mol. The van der Waals surface area contributed by atoms with Crippen molar-refractivity contribution in [2.24, 2.45) is 0 Å². The fraction of sp³-hybridized carbons (Fsp3) is 0.0588. The van der Waals surface area contributed by atoms with Crippen LogP contribution in [0, 0.1) is 5.82 Å². The van der Waals surface area contributed by atoms with E-state index < -0.39 is 11.4 Å². The van der Waals surface area contributed by atoms with Crippen molar-refractivity contribution in [2.75, 3.05) is 0 Å². The van der Waals surface area contributed by atoms with Crippen molar-refractivity contribution >= 4 is 28.5 Å². The second-order valence-corrected chi connectivity index (χ2v) is 5.36. The van der Waals surface area contributed by atoms with Gasteiger partial charge in [0.15, 0.2) is 0 Å². The summed E-state index contributed by atoms with van der Waals surface area (Å²) in [7, 11) is 0. The molecule has 0 aliphatic heterocycles. The van der Waals surface area contributed by atoms with Gasteiger partial charge in [0.25, 0.3) is 5.91 Å². The molecule has 0 aliphatic carbocycles. The second kappa shape index (κ2) is 6.22. The second-order valence-electron chi connectivity index (χ2n) is 4.92. The normalized spacial score (nSPS) is 10.7. The van der Waals surface area contributed by atoms with Gasteiger partial charge in [-0.3, -0.25) is 4.79 Å². The molecule has 0 atom stereocenters. The third kappa shape index (κ3) is 3.40. The van der Waals surface area contributed by atoms with E-state index in [4.69, 9.17) is 16.0 Å². The Morgan fingerprint density at radius 1 is 1.13 bits per heavy atom. The number of halogens is 2. The molecule has 3 rings (SSSR count). The molecule has 1 aromatic heterocycles. The Morgan fingerprint density at radius 2 is 1.87 bits per heavy atom. The van der Waals surface area contributed by atoms with Crippen molar-refractivity contribution in [1.29, 1.82) is 0 Å². The van der Waals surface area contributed by atoms with E-state index in [0.29, 0.717) is 21.5 Å². The summed E-state index contributed by atoms with van der Waals surface area (Å²) in [6, 6.07) is 11.6. The largest absolute Gasteiger partial charge is 0.423 e. The molecule has 0 saturated carbocycles. The highest BCUT2D eigenvalue weighted by molar-refractivity contribution is 6.30. The molecule has 3 aromatic rings. The summed E-state index contributed by atoms with van der Waals surface area (Å²) in [4.78, 5) is 23.6. The van der Waals surface area contributed by atoms with Crippen LogP contribution in [0.5, 0.6) is 0 Å². The zero-order valence-corrected chi connectivity index (χ0v) is 12.6. The summed E-state index contributed by atoms with van der Waals surface area (Å²) in [5, 5.41) is 3.82. The summed E-state index contributed by atoms with van der Waals surface area (Å²) in [5.74, 6) is -0.798. The fourth-order valence-electron chi connectivity index (χ4n) is 2.23. The number of amides is 1. The number of nitrogens with one attached hydrogen (secondary N) is 1. The number of fused-ring (bicyclic) bond motifs is 1. The average molecular weight is 332 g/mol. The van der Waals surface area contributed by atoms with Gasteiger partial charge in [-0.05, 0) is 42.0 Å². The molecule has 2 aromatic carbocycles. The van der Waals surface area contributed by atoms with Crippen LogP contribution in [0.3, 0.4) is 0 Å². The van der Waals surface area contributed by atoms with Crippen LogP contribution in [0.4, 0.5) is 4.39 Å². The summed E-state index contributed by atoms with van der Waals surface area (Å²) in [6.45, 7) is 0.120. The lowest BCUT2D eigenvalue weighted by Crippen LogP contribution is -2.23. The SMILES string of the molecule is O=C(NCc1cc(=O)oc2cc(F)ccc12)c1ccc(Cl)cc1. The molecule has 0 saturated heterocycles. The van der Waals surface area contributed by atoms with Gasteiger partial charge in [0.1, 0.15) is 11.4 Å². The minimum absolute atomic E-state index is 0.120. The fourth-order valence-corrected chi connectivity index (χ4v) is 2.35. The van der Waals surface area contributed by atoms with Gasteiger partial charge in [-0.25, -0.2) is 9.18 Å². The molecule has 116 valence electrons. The number of hydrogen-bond donors (Lipinski definition) is 1. The molecule has 0 spiro atoms. The van der Waals surface area contributed by atoms with E-state index in [1.54, 1.807) is 24.3 Å². The molecule has 0 unspecified atom stereocenters. The Labute approximate surface area is 135 Å². The smallest absolute Gasteiger partial charge is 0.336 e. The Kier molecular flexibility index (Phi) is 4.12. The topological polar surface area (TPSA) is 59.3 Å². The summed E-state index contributed by atoms with van der Waals surface area (Å²) < 4.78 is 18.2. The molecular weight excluding hydrogens is 321 g/mol. The minimum Gasteiger partial charge on any atom is -0.423 e. The minimum atomic E-state index is -0.598. The summed E-state index contributed by atoms with van der Waals surface area (Å²) in [6.07, 6.45) is 0. The lowest BCUT2D eigenvalue weighted by molar-refractivity contribution is 0.0951. The van der Waals surface area contributed by atoms with E-state index in [-0.39, 0.29) is 18.0 Å². The van der Waals surface area contributed by atoms with Gasteiger partial charge in [0, 0.05) is 34.6 Å². The highest BCUT2D eigenvalue weighted by Gasteiger charge is 2.09. The van der Waals surface area contributed by atoms with Crippen molar-refractivity contribution in [1.82, 2.24) is 5.32 Å². The molecular formula is C17H11ClFNO3.